The highest BCUT2D eigenvalue weighted by molar-refractivity contribution is 5.76. The number of aromatic amines is 1. The van der Waals surface area contributed by atoms with E-state index in [2.05, 4.69) is 16.0 Å². The van der Waals surface area contributed by atoms with Crippen molar-refractivity contribution in [2.75, 3.05) is 0 Å². The Balaban J connectivity index is 1.65. The molecule has 1 unspecified atom stereocenters. The van der Waals surface area contributed by atoms with Gasteiger partial charge in [-0.2, -0.15) is 0 Å². The summed E-state index contributed by atoms with van der Waals surface area (Å²) in [5.74, 6) is -0.355. The number of esters is 1. The Hall–Kier alpha value is -2.14. The number of aryl methyl sites for hydroxylation is 1. The molecule has 1 aromatic carbocycles. The van der Waals surface area contributed by atoms with Gasteiger partial charge in [0.15, 0.2) is 0 Å². The normalized spacial score (nSPS) is 18.8. The van der Waals surface area contributed by atoms with Gasteiger partial charge in [-0.1, -0.05) is 24.3 Å². The van der Waals surface area contributed by atoms with Crippen LogP contribution in [0.5, 0.6) is 0 Å². The predicted molar refractivity (Wildman–Crippen MR) is 78.5 cm³/mol. The van der Waals surface area contributed by atoms with E-state index in [1.807, 2.05) is 18.2 Å². The molecule has 1 aromatic heterocycles. The Morgan fingerprint density at radius 1 is 1.48 bits per heavy atom. The molecule has 110 valence electrons. The Bertz CT molecular complexity index is 610. The monoisotopic (exact) mass is 285 g/mol. The van der Waals surface area contributed by atoms with E-state index < -0.39 is 6.04 Å². The first-order valence-electron chi connectivity index (χ1n) is 7.25. The second-order valence-corrected chi connectivity index (χ2v) is 5.40. The van der Waals surface area contributed by atoms with Crippen molar-refractivity contribution in [2.45, 2.75) is 37.8 Å². The van der Waals surface area contributed by atoms with Gasteiger partial charge in [-0.3, -0.25) is 4.79 Å². The minimum Gasteiger partial charge on any atom is -0.456 e. The molecule has 2 aromatic rings. The van der Waals surface area contributed by atoms with Gasteiger partial charge >= 0.3 is 5.97 Å². The molecule has 1 aliphatic rings. The van der Waals surface area contributed by atoms with Gasteiger partial charge in [0.2, 0.25) is 0 Å². The number of nitrogens with zero attached hydrogens (tertiary/aromatic N) is 1. The average Bonchev–Trinajstić information content (AvgIpc) is 3.00. The van der Waals surface area contributed by atoms with Gasteiger partial charge in [-0.25, -0.2) is 4.98 Å². The number of hydrogen-bond acceptors (Lipinski definition) is 4. The summed E-state index contributed by atoms with van der Waals surface area (Å²) in [5.41, 5.74) is 9.14. The molecule has 5 nitrogen and oxygen atoms in total. The Kier molecular flexibility index (Phi) is 4.01. The lowest BCUT2D eigenvalue weighted by atomic mass is 9.89. The van der Waals surface area contributed by atoms with Crippen LogP contribution in [0.3, 0.4) is 0 Å². The number of fused-ring (bicyclic) bond motifs is 1. The predicted octanol–water partition coefficient (Wildman–Crippen LogP) is 1.90. The molecule has 3 rings (SSSR count). The van der Waals surface area contributed by atoms with E-state index in [-0.39, 0.29) is 12.1 Å². The first kappa shape index (κ1) is 13.8. The van der Waals surface area contributed by atoms with Crippen LogP contribution >= 0.6 is 0 Å². The summed E-state index contributed by atoms with van der Waals surface area (Å²) in [5, 5.41) is 0. The summed E-state index contributed by atoms with van der Waals surface area (Å²) in [6, 6.07) is 7.47. The highest BCUT2D eigenvalue weighted by Crippen LogP contribution is 2.32. The highest BCUT2D eigenvalue weighted by atomic mass is 16.5. The Morgan fingerprint density at radius 3 is 3.14 bits per heavy atom. The lowest BCUT2D eigenvalue weighted by molar-refractivity contribution is -0.151. The van der Waals surface area contributed by atoms with Crippen molar-refractivity contribution in [1.29, 1.82) is 0 Å². The van der Waals surface area contributed by atoms with Crippen molar-refractivity contribution in [2.24, 2.45) is 5.73 Å². The van der Waals surface area contributed by atoms with E-state index in [4.69, 9.17) is 10.5 Å². The van der Waals surface area contributed by atoms with Crippen LogP contribution in [0.15, 0.2) is 36.8 Å². The second kappa shape index (κ2) is 6.10. The summed E-state index contributed by atoms with van der Waals surface area (Å²) in [6.45, 7) is 0. The number of hydrogen-bond donors (Lipinski definition) is 2. The maximum atomic E-state index is 12.2. The number of benzene rings is 1. The molecular formula is C16H19N3O2. The van der Waals surface area contributed by atoms with Crippen molar-refractivity contribution in [3.63, 3.8) is 0 Å². The van der Waals surface area contributed by atoms with E-state index in [1.54, 1.807) is 12.5 Å². The third-order valence-corrected chi connectivity index (χ3v) is 3.87. The summed E-state index contributed by atoms with van der Waals surface area (Å²) in [7, 11) is 0. The molecule has 5 heteroatoms. The zero-order chi connectivity index (χ0) is 14.7. The molecule has 0 saturated heterocycles. The second-order valence-electron chi connectivity index (χ2n) is 5.40. The minimum atomic E-state index is -0.667. The number of carbonyl (C=O) groups is 1. The largest absolute Gasteiger partial charge is 0.456 e. The average molecular weight is 285 g/mol. The molecule has 0 fully saturated rings. The molecule has 0 spiro atoms. The fourth-order valence-electron chi connectivity index (χ4n) is 2.78. The van der Waals surface area contributed by atoms with E-state index in [9.17, 15) is 4.79 Å². The summed E-state index contributed by atoms with van der Waals surface area (Å²) in [6.07, 6.45) is 6.42. The third kappa shape index (κ3) is 3.13. The molecule has 2 atom stereocenters. The number of ether oxygens (including phenoxy) is 1. The molecule has 0 bridgehead atoms. The maximum absolute atomic E-state index is 12.2. The topological polar surface area (TPSA) is 81.0 Å². The van der Waals surface area contributed by atoms with Crippen molar-refractivity contribution < 1.29 is 9.53 Å². The number of H-pyrrole nitrogens is 1. The van der Waals surface area contributed by atoms with Gasteiger partial charge in [0, 0.05) is 18.3 Å². The zero-order valence-corrected chi connectivity index (χ0v) is 11.8. The quantitative estimate of drug-likeness (QED) is 0.841. The molecule has 0 radical (unpaired) electrons. The van der Waals surface area contributed by atoms with Gasteiger partial charge < -0.3 is 15.5 Å². The molecule has 0 amide bonds. The number of rotatable bonds is 4. The van der Waals surface area contributed by atoms with Gasteiger partial charge in [0.05, 0.1) is 6.33 Å². The van der Waals surface area contributed by atoms with Gasteiger partial charge in [0.25, 0.3) is 0 Å². The standard InChI is InChI=1S/C16H19N3O2/c17-14(8-12-9-18-10-19-12)16(20)21-15-7-3-5-11-4-1-2-6-13(11)15/h1-2,4,6,9-10,14-15H,3,5,7-8,17H2,(H,18,19)/t14-,15?/m0/s1. The molecule has 1 heterocycles. The first-order chi connectivity index (χ1) is 10.2. The number of imidazole rings is 1. The fraction of sp³-hybridized carbons (Fsp3) is 0.375. The lowest BCUT2D eigenvalue weighted by Crippen LogP contribution is -2.35. The molecular weight excluding hydrogens is 266 g/mol. The van der Waals surface area contributed by atoms with Gasteiger partial charge in [-0.15, -0.1) is 0 Å². The van der Waals surface area contributed by atoms with Crippen LogP contribution < -0.4 is 5.73 Å². The van der Waals surface area contributed by atoms with Crippen LogP contribution in [0.4, 0.5) is 0 Å². The smallest absolute Gasteiger partial charge is 0.323 e. The number of carbonyl (C=O) groups excluding carboxylic acids is 1. The highest BCUT2D eigenvalue weighted by Gasteiger charge is 2.26. The molecule has 0 aliphatic heterocycles. The van der Waals surface area contributed by atoms with Gasteiger partial charge in [0.1, 0.15) is 12.1 Å². The third-order valence-electron chi connectivity index (χ3n) is 3.87. The SMILES string of the molecule is N[C@@H](Cc1cnc[nH]1)C(=O)OC1CCCc2ccccc21. The van der Waals surface area contributed by atoms with Crippen LogP contribution in [0.2, 0.25) is 0 Å². The molecule has 1 aliphatic carbocycles. The summed E-state index contributed by atoms with van der Waals surface area (Å²) >= 11 is 0. The fourth-order valence-corrected chi connectivity index (χ4v) is 2.78. The van der Waals surface area contributed by atoms with Crippen LogP contribution in [0.1, 0.15) is 35.8 Å². The number of nitrogens with two attached hydrogens (primary N) is 1. The van der Waals surface area contributed by atoms with E-state index in [1.165, 1.54) is 5.56 Å². The van der Waals surface area contributed by atoms with Crippen LogP contribution in [-0.2, 0) is 22.4 Å². The number of aromatic nitrogens is 2. The van der Waals surface area contributed by atoms with Gasteiger partial charge in [-0.05, 0) is 30.4 Å². The Morgan fingerprint density at radius 2 is 2.33 bits per heavy atom. The summed E-state index contributed by atoms with van der Waals surface area (Å²) in [4.78, 5) is 19.0. The van der Waals surface area contributed by atoms with Crippen molar-refractivity contribution in [3.8, 4) is 0 Å². The van der Waals surface area contributed by atoms with E-state index >= 15 is 0 Å². The Labute approximate surface area is 123 Å². The van der Waals surface area contributed by atoms with Crippen molar-refractivity contribution in [3.05, 3.63) is 53.6 Å². The van der Waals surface area contributed by atoms with Crippen LogP contribution in [0.25, 0.3) is 0 Å². The van der Waals surface area contributed by atoms with Crippen molar-refractivity contribution in [1.82, 2.24) is 9.97 Å². The minimum absolute atomic E-state index is 0.171. The zero-order valence-electron chi connectivity index (χ0n) is 11.8. The molecule has 0 saturated carbocycles. The number of nitrogens with one attached hydrogen (secondary N) is 1. The summed E-state index contributed by atoms with van der Waals surface area (Å²) < 4.78 is 5.63. The van der Waals surface area contributed by atoms with E-state index in [0.717, 1.165) is 30.5 Å². The van der Waals surface area contributed by atoms with Crippen LogP contribution in [0, 0.1) is 0 Å². The van der Waals surface area contributed by atoms with Crippen molar-refractivity contribution >= 4 is 5.97 Å². The molecule has 3 N–H and O–H groups in total. The lowest BCUT2D eigenvalue weighted by Gasteiger charge is -2.26. The maximum Gasteiger partial charge on any atom is 0.323 e. The first-order valence-corrected chi connectivity index (χ1v) is 7.25. The van der Waals surface area contributed by atoms with Crippen LogP contribution in [-0.4, -0.2) is 22.0 Å². The van der Waals surface area contributed by atoms with E-state index in [0.29, 0.717) is 6.42 Å². The molecule has 21 heavy (non-hydrogen) atoms.